The molecule has 106 valence electrons. The quantitative estimate of drug-likeness (QED) is 0.896. The standard InChI is InChI=1S/C13H21N3O2S/c1-4-15(5-2)10-6-7-16(8-10)13-14-9(3)11(19-13)12(17)18/h10H,4-8H2,1-3H3,(H,17,18). The van der Waals surface area contributed by atoms with Gasteiger partial charge >= 0.3 is 5.97 Å². The maximum Gasteiger partial charge on any atom is 0.347 e. The van der Waals surface area contributed by atoms with Crippen LogP contribution in [0.2, 0.25) is 0 Å². The van der Waals surface area contributed by atoms with Gasteiger partial charge in [0.05, 0.1) is 5.69 Å². The third-order valence-corrected chi connectivity index (χ3v) is 4.95. The lowest BCUT2D eigenvalue weighted by Crippen LogP contribution is -2.37. The van der Waals surface area contributed by atoms with E-state index in [0.717, 1.165) is 37.7 Å². The summed E-state index contributed by atoms with van der Waals surface area (Å²) in [6.07, 6.45) is 1.13. The summed E-state index contributed by atoms with van der Waals surface area (Å²) in [5.74, 6) is -0.874. The monoisotopic (exact) mass is 283 g/mol. The first-order valence-corrected chi connectivity index (χ1v) is 7.58. The van der Waals surface area contributed by atoms with Crippen molar-refractivity contribution < 1.29 is 9.90 Å². The molecule has 1 aromatic rings. The van der Waals surface area contributed by atoms with E-state index in [1.54, 1.807) is 6.92 Å². The van der Waals surface area contributed by atoms with Crippen LogP contribution in [0.5, 0.6) is 0 Å². The highest BCUT2D eigenvalue weighted by atomic mass is 32.1. The summed E-state index contributed by atoms with van der Waals surface area (Å²) in [6.45, 7) is 10.2. The van der Waals surface area contributed by atoms with Crippen molar-refractivity contribution in [1.29, 1.82) is 0 Å². The van der Waals surface area contributed by atoms with E-state index in [2.05, 4.69) is 28.6 Å². The van der Waals surface area contributed by atoms with Crippen molar-refractivity contribution in [2.24, 2.45) is 0 Å². The number of aromatic nitrogens is 1. The van der Waals surface area contributed by atoms with Gasteiger partial charge in [0.2, 0.25) is 0 Å². The Hall–Kier alpha value is -1.14. The summed E-state index contributed by atoms with van der Waals surface area (Å²) in [5.41, 5.74) is 0.624. The molecule has 1 fully saturated rings. The Labute approximate surface area is 117 Å². The molecule has 0 aromatic carbocycles. The molecule has 1 N–H and O–H groups in total. The van der Waals surface area contributed by atoms with Crippen molar-refractivity contribution in [2.75, 3.05) is 31.1 Å². The zero-order valence-electron chi connectivity index (χ0n) is 11.7. The summed E-state index contributed by atoms with van der Waals surface area (Å²) >= 11 is 1.29. The van der Waals surface area contributed by atoms with E-state index in [-0.39, 0.29) is 0 Å². The molecule has 0 radical (unpaired) electrons. The van der Waals surface area contributed by atoms with Gasteiger partial charge in [-0.3, -0.25) is 4.90 Å². The van der Waals surface area contributed by atoms with Crippen molar-refractivity contribution in [3.05, 3.63) is 10.6 Å². The molecule has 0 bridgehead atoms. The molecule has 0 aliphatic carbocycles. The molecule has 6 heteroatoms. The highest BCUT2D eigenvalue weighted by Crippen LogP contribution is 2.29. The lowest BCUT2D eigenvalue weighted by atomic mass is 10.2. The van der Waals surface area contributed by atoms with E-state index in [4.69, 9.17) is 5.11 Å². The molecule has 0 spiro atoms. The fourth-order valence-corrected chi connectivity index (χ4v) is 3.61. The van der Waals surface area contributed by atoms with Crippen LogP contribution in [0.4, 0.5) is 5.13 Å². The van der Waals surface area contributed by atoms with Gasteiger partial charge in [-0.25, -0.2) is 9.78 Å². The lowest BCUT2D eigenvalue weighted by Gasteiger charge is -2.25. The van der Waals surface area contributed by atoms with E-state index in [1.807, 2.05) is 0 Å². The normalized spacial score (nSPS) is 19.4. The van der Waals surface area contributed by atoms with Crippen molar-refractivity contribution in [3.63, 3.8) is 0 Å². The van der Waals surface area contributed by atoms with Crippen LogP contribution in [0.15, 0.2) is 0 Å². The second kappa shape index (κ2) is 5.88. The van der Waals surface area contributed by atoms with Crippen LogP contribution in [-0.4, -0.2) is 53.2 Å². The molecule has 1 aliphatic heterocycles. The second-order valence-electron chi connectivity index (χ2n) is 4.83. The SMILES string of the molecule is CCN(CC)C1CCN(c2nc(C)c(C(=O)O)s2)C1. The predicted molar refractivity (Wildman–Crippen MR) is 77.3 cm³/mol. The van der Waals surface area contributed by atoms with Crippen molar-refractivity contribution >= 4 is 22.4 Å². The summed E-state index contributed by atoms with van der Waals surface area (Å²) in [7, 11) is 0. The lowest BCUT2D eigenvalue weighted by molar-refractivity contribution is 0.0701. The Morgan fingerprint density at radius 2 is 2.21 bits per heavy atom. The third-order valence-electron chi connectivity index (χ3n) is 3.74. The molecule has 1 aliphatic rings. The van der Waals surface area contributed by atoms with E-state index in [9.17, 15) is 4.79 Å². The molecule has 1 aromatic heterocycles. The van der Waals surface area contributed by atoms with Crippen LogP contribution in [0.3, 0.4) is 0 Å². The van der Waals surface area contributed by atoms with E-state index < -0.39 is 5.97 Å². The Morgan fingerprint density at radius 3 is 2.74 bits per heavy atom. The van der Waals surface area contributed by atoms with Crippen molar-refractivity contribution in [2.45, 2.75) is 33.2 Å². The average Bonchev–Trinajstić information content (AvgIpc) is 2.97. The number of nitrogens with zero attached hydrogens (tertiary/aromatic N) is 3. The zero-order chi connectivity index (χ0) is 14.0. The smallest absolute Gasteiger partial charge is 0.347 e. The van der Waals surface area contributed by atoms with Crippen LogP contribution in [0.25, 0.3) is 0 Å². The number of thiazole rings is 1. The predicted octanol–water partition coefficient (Wildman–Crippen LogP) is 2.07. The maximum absolute atomic E-state index is 11.1. The van der Waals surface area contributed by atoms with Crippen LogP contribution < -0.4 is 4.90 Å². The van der Waals surface area contributed by atoms with Gasteiger partial charge in [0, 0.05) is 19.1 Å². The molecule has 2 rings (SSSR count). The molecule has 19 heavy (non-hydrogen) atoms. The first kappa shape index (κ1) is 14.3. The van der Waals surface area contributed by atoms with Gasteiger partial charge in [0.15, 0.2) is 5.13 Å². The summed E-state index contributed by atoms with van der Waals surface area (Å²) < 4.78 is 0. The molecule has 1 atom stereocenters. The van der Waals surface area contributed by atoms with E-state index >= 15 is 0 Å². The maximum atomic E-state index is 11.1. The Bertz CT molecular complexity index is 457. The van der Waals surface area contributed by atoms with Gasteiger partial charge in [-0.2, -0.15) is 0 Å². The number of carboxylic acid groups (broad SMARTS) is 1. The summed E-state index contributed by atoms with van der Waals surface area (Å²) in [5, 5.41) is 9.93. The number of hydrogen-bond donors (Lipinski definition) is 1. The number of likely N-dealkylation sites (N-methyl/N-ethyl adjacent to an activating group) is 1. The number of rotatable bonds is 5. The minimum absolute atomic E-state index is 0.362. The van der Waals surface area contributed by atoms with Gasteiger partial charge in [-0.1, -0.05) is 25.2 Å². The molecule has 2 heterocycles. The highest BCUT2D eigenvalue weighted by molar-refractivity contribution is 7.17. The number of carboxylic acids is 1. The van der Waals surface area contributed by atoms with E-state index in [0.29, 0.717) is 16.6 Å². The molecular weight excluding hydrogens is 262 g/mol. The van der Waals surface area contributed by atoms with E-state index in [1.165, 1.54) is 11.3 Å². The number of aryl methyl sites for hydroxylation is 1. The van der Waals surface area contributed by atoms with Gasteiger partial charge in [0.25, 0.3) is 0 Å². The topological polar surface area (TPSA) is 56.7 Å². The first-order chi connectivity index (χ1) is 9.06. The number of carbonyl (C=O) groups is 1. The van der Waals surface area contributed by atoms with Crippen LogP contribution >= 0.6 is 11.3 Å². The number of hydrogen-bond acceptors (Lipinski definition) is 5. The Kier molecular flexibility index (Phi) is 4.42. The largest absolute Gasteiger partial charge is 0.477 e. The van der Waals surface area contributed by atoms with Crippen LogP contribution in [0.1, 0.15) is 35.6 Å². The first-order valence-electron chi connectivity index (χ1n) is 6.76. The van der Waals surface area contributed by atoms with Gasteiger partial charge < -0.3 is 10.0 Å². The highest BCUT2D eigenvalue weighted by Gasteiger charge is 2.28. The Morgan fingerprint density at radius 1 is 1.53 bits per heavy atom. The summed E-state index contributed by atoms with van der Waals surface area (Å²) in [4.78, 5) is 20.5. The van der Waals surface area contributed by atoms with Gasteiger partial charge in [-0.05, 0) is 26.4 Å². The summed E-state index contributed by atoms with van der Waals surface area (Å²) in [6, 6.07) is 0.562. The number of aromatic carboxylic acids is 1. The van der Waals surface area contributed by atoms with Gasteiger partial charge in [-0.15, -0.1) is 0 Å². The number of anilines is 1. The fraction of sp³-hybridized carbons (Fsp3) is 0.692. The molecule has 1 unspecified atom stereocenters. The Balaban J connectivity index is 2.08. The van der Waals surface area contributed by atoms with Crippen LogP contribution in [0, 0.1) is 6.92 Å². The molecule has 1 saturated heterocycles. The zero-order valence-corrected chi connectivity index (χ0v) is 12.5. The molecule has 0 amide bonds. The molecule has 0 saturated carbocycles. The van der Waals surface area contributed by atoms with Gasteiger partial charge in [0.1, 0.15) is 4.88 Å². The minimum atomic E-state index is -0.874. The third kappa shape index (κ3) is 2.90. The molecular formula is C13H21N3O2S. The molecule has 5 nitrogen and oxygen atoms in total. The van der Waals surface area contributed by atoms with Crippen LogP contribution in [-0.2, 0) is 0 Å². The van der Waals surface area contributed by atoms with Crippen molar-refractivity contribution in [3.8, 4) is 0 Å². The average molecular weight is 283 g/mol. The second-order valence-corrected chi connectivity index (χ2v) is 5.80. The minimum Gasteiger partial charge on any atom is -0.477 e. The fourth-order valence-electron chi connectivity index (χ4n) is 2.67. The van der Waals surface area contributed by atoms with Crippen molar-refractivity contribution in [1.82, 2.24) is 9.88 Å².